The first-order valence-electron chi connectivity index (χ1n) is 8.54. The molecular formula is C20H22N2O3S. The molecule has 136 valence electrons. The summed E-state index contributed by atoms with van der Waals surface area (Å²) in [6, 6.07) is 13.4. The van der Waals surface area contributed by atoms with Crippen molar-refractivity contribution >= 4 is 27.5 Å². The SMILES string of the molecule is CCOCCn1c(=NC(=O)c2ccccc2OC)sc2cc(C)ccc21. The largest absolute Gasteiger partial charge is 0.496 e. The molecule has 5 nitrogen and oxygen atoms in total. The number of aromatic nitrogens is 1. The van der Waals surface area contributed by atoms with Gasteiger partial charge in [0.25, 0.3) is 5.91 Å². The fourth-order valence-electron chi connectivity index (χ4n) is 2.75. The third kappa shape index (κ3) is 3.86. The van der Waals surface area contributed by atoms with E-state index in [2.05, 4.69) is 30.1 Å². The summed E-state index contributed by atoms with van der Waals surface area (Å²) in [5.74, 6) is 0.218. The average molecular weight is 370 g/mol. The van der Waals surface area contributed by atoms with Gasteiger partial charge in [0.2, 0.25) is 0 Å². The van der Waals surface area contributed by atoms with E-state index in [1.54, 1.807) is 19.2 Å². The van der Waals surface area contributed by atoms with Crippen molar-refractivity contribution in [1.82, 2.24) is 4.57 Å². The molecule has 0 spiro atoms. The van der Waals surface area contributed by atoms with Gasteiger partial charge in [-0.25, -0.2) is 0 Å². The molecule has 0 aliphatic rings. The molecule has 0 atom stereocenters. The lowest BCUT2D eigenvalue weighted by atomic mass is 10.2. The Morgan fingerprint density at radius 3 is 2.81 bits per heavy atom. The number of hydrogen-bond donors (Lipinski definition) is 0. The van der Waals surface area contributed by atoms with E-state index in [0.717, 1.165) is 10.2 Å². The van der Waals surface area contributed by atoms with Crippen LogP contribution in [0.15, 0.2) is 47.5 Å². The summed E-state index contributed by atoms with van der Waals surface area (Å²) in [5.41, 5.74) is 2.70. The van der Waals surface area contributed by atoms with E-state index >= 15 is 0 Å². The minimum atomic E-state index is -0.309. The van der Waals surface area contributed by atoms with Crippen molar-refractivity contribution in [3.8, 4) is 5.75 Å². The van der Waals surface area contributed by atoms with Crippen LogP contribution in [0.4, 0.5) is 0 Å². The molecule has 0 bridgehead atoms. The standard InChI is InChI=1S/C20H22N2O3S/c1-4-25-12-11-22-16-10-9-14(2)13-18(16)26-20(22)21-19(23)15-7-5-6-8-17(15)24-3/h5-10,13H,4,11-12H2,1-3H3. The number of carbonyl (C=O) groups excluding carboxylic acids is 1. The Labute approximate surface area is 156 Å². The molecule has 1 heterocycles. The molecular weight excluding hydrogens is 348 g/mol. The first-order chi connectivity index (χ1) is 12.6. The van der Waals surface area contributed by atoms with Gasteiger partial charge < -0.3 is 14.0 Å². The van der Waals surface area contributed by atoms with Crippen molar-refractivity contribution in [2.45, 2.75) is 20.4 Å². The van der Waals surface area contributed by atoms with Crippen LogP contribution in [0.5, 0.6) is 5.75 Å². The molecule has 3 rings (SSSR count). The van der Waals surface area contributed by atoms with Gasteiger partial charge in [-0.05, 0) is 43.7 Å². The maximum Gasteiger partial charge on any atom is 0.283 e. The van der Waals surface area contributed by atoms with Crippen molar-refractivity contribution in [1.29, 1.82) is 0 Å². The predicted octanol–water partition coefficient (Wildman–Crippen LogP) is 3.80. The van der Waals surface area contributed by atoms with E-state index in [9.17, 15) is 4.79 Å². The zero-order valence-electron chi connectivity index (χ0n) is 15.2. The zero-order valence-corrected chi connectivity index (χ0v) is 16.0. The van der Waals surface area contributed by atoms with Crippen molar-refractivity contribution in [3.63, 3.8) is 0 Å². The first-order valence-corrected chi connectivity index (χ1v) is 9.35. The van der Waals surface area contributed by atoms with Crippen LogP contribution >= 0.6 is 11.3 Å². The molecule has 26 heavy (non-hydrogen) atoms. The molecule has 6 heteroatoms. The third-order valence-electron chi connectivity index (χ3n) is 4.04. The summed E-state index contributed by atoms with van der Waals surface area (Å²) >= 11 is 1.51. The Morgan fingerprint density at radius 1 is 1.23 bits per heavy atom. The fourth-order valence-corrected chi connectivity index (χ4v) is 3.90. The highest BCUT2D eigenvalue weighted by atomic mass is 32.1. The van der Waals surface area contributed by atoms with Crippen molar-refractivity contribution in [3.05, 3.63) is 58.4 Å². The van der Waals surface area contributed by atoms with Crippen molar-refractivity contribution in [2.24, 2.45) is 4.99 Å². The van der Waals surface area contributed by atoms with E-state index < -0.39 is 0 Å². The van der Waals surface area contributed by atoms with Gasteiger partial charge in [-0.15, -0.1) is 0 Å². The van der Waals surface area contributed by atoms with Crippen LogP contribution < -0.4 is 9.54 Å². The molecule has 1 amide bonds. The summed E-state index contributed by atoms with van der Waals surface area (Å²) in [4.78, 5) is 17.8. The molecule has 0 unspecified atom stereocenters. The Balaban J connectivity index is 2.08. The fraction of sp³-hybridized carbons (Fsp3) is 0.300. The number of para-hydroxylation sites is 1. The zero-order chi connectivity index (χ0) is 18.5. The molecule has 3 aromatic rings. The first kappa shape index (κ1) is 18.4. The van der Waals surface area contributed by atoms with Crippen molar-refractivity contribution in [2.75, 3.05) is 20.3 Å². The molecule has 0 fully saturated rings. The van der Waals surface area contributed by atoms with Crippen molar-refractivity contribution < 1.29 is 14.3 Å². The Kier molecular flexibility index (Phi) is 5.85. The minimum Gasteiger partial charge on any atom is -0.496 e. The number of methoxy groups -OCH3 is 1. The monoisotopic (exact) mass is 370 g/mol. The van der Waals surface area contributed by atoms with Gasteiger partial charge in [0, 0.05) is 13.2 Å². The summed E-state index contributed by atoms with van der Waals surface area (Å²) < 4.78 is 13.9. The van der Waals surface area contributed by atoms with Gasteiger partial charge in [-0.2, -0.15) is 4.99 Å². The summed E-state index contributed by atoms with van der Waals surface area (Å²) in [6.07, 6.45) is 0. The van der Waals surface area contributed by atoms with Gasteiger partial charge in [0.15, 0.2) is 4.80 Å². The number of fused-ring (bicyclic) bond motifs is 1. The Morgan fingerprint density at radius 2 is 2.04 bits per heavy atom. The third-order valence-corrected chi connectivity index (χ3v) is 5.08. The predicted molar refractivity (Wildman–Crippen MR) is 104 cm³/mol. The number of benzene rings is 2. The maximum atomic E-state index is 12.7. The Bertz CT molecular complexity index is 988. The topological polar surface area (TPSA) is 52.8 Å². The van der Waals surface area contributed by atoms with E-state index in [-0.39, 0.29) is 5.91 Å². The van der Waals surface area contributed by atoms with Crippen LogP contribution in [0.1, 0.15) is 22.8 Å². The highest BCUT2D eigenvalue weighted by Gasteiger charge is 2.13. The van der Waals surface area contributed by atoms with Gasteiger partial charge in [-0.1, -0.05) is 29.5 Å². The Hall–Kier alpha value is -2.44. The number of amides is 1. The van der Waals surface area contributed by atoms with Crippen LogP contribution in [-0.4, -0.2) is 30.8 Å². The lowest BCUT2D eigenvalue weighted by Crippen LogP contribution is -2.19. The van der Waals surface area contributed by atoms with Crippen LogP contribution in [0.25, 0.3) is 10.2 Å². The number of ether oxygens (including phenoxy) is 2. The van der Waals surface area contributed by atoms with Crippen LogP contribution in [0, 0.1) is 6.92 Å². The van der Waals surface area contributed by atoms with Gasteiger partial charge in [0.05, 0.1) is 29.5 Å². The summed E-state index contributed by atoms with van der Waals surface area (Å²) in [7, 11) is 1.55. The number of aryl methyl sites for hydroxylation is 1. The molecule has 0 saturated heterocycles. The molecule has 0 N–H and O–H groups in total. The number of hydrogen-bond acceptors (Lipinski definition) is 4. The van der Waals surface area contributed by atoms with Crippen LogP contribution in [0.3, 0.4) is 0 Å². The molecule has 2 aromatic carbocycles. The van der Waals surface area contributed by atoms with Crippen LogP contribution in [-0.2, 0) is 11.3 Å². The average Bonchev–Trinajstić information content (AvgIpc) is 2.98. The second kappa shape index (κ2) is 8.29. The molecule has 1 aromatic heterocycles. The number of thiazole rings is 1. The second-order valence-corrected chi connectivity index (χ2v) is 6.83. The van der Waals surface area contributed by atoms with Gasteiger partial charge in [-0.3, -0.25) is 4.79 Å². The molecule has 0 aliphatic heterocycles. The van der Waals surface area contributed by atoms with Gasteiger partial charge in [0.1, 0.15) is 5.75 Å². The summed E-state index contributed by atoms with van der Waals surface area (Å²) in [5, 5.41) is 0. The van der Waals surface area contributed by atoms with E-state index in [4.69, 9.17) is 9.47 Å². The number of nitrogens with zero attached hydrogens (tertiary/aromatic N) is 2. The maximum absolute atomic E-state index is 12.7. The van der Waals surface area contributed by atoms with Crippen LogP contribution in [0.2, 0.25) is 0 Å². The lowest BCUT2D eigenvalue weighted by Gasteiger charge is -2.06. The van der Waals surface area contributed by atoms with E-state index in [1.165, 1.54) is 16.9 Å². The summed E-state index contributed by atoms with van der Waals surface area (Å²) in [6.45, 7) is 5.91. The van der Waals surface area contributed by atoms with E-state index in [1.807, 2.05) is 23.6 Å². The molecule has 0 radical (unpaired) electrons. The minimum absolute atomic E-state index is 0.309. The molecule has 0 aliphatic carbocycles. The second-order valence-electron chi connectivity index (χ2n) is 5.82. The lowest BCUT2D eigenvalue weighted by molar-refractivity contribution is 0.0993. The van der Waals surface area contributed by atoms with E-state index in [0.29, 0.717) is 35.9 Å². The van der Waals surface area contributed by atoms with Gasteiger partial charge >= 0.3 is 0 Å². The normalized spacial score (nSPS) is 11.9. The number of rotatable bonds is 6. The number of carbonyl (C=O) groups is 1. The molecule has 0 saturated carbocycles. The smallest absolute Gasteiger partial charge is 0.283 e. The quantitative estimate of drug-likeness (QED) is 0.620. The highest BCUT2D eigenvalue weighted by molar-refractivity contribution is 7.16. The highest BCUT2D eigenvalue weighted by Crippen LogP contribution is 2.21.